The SMILES string of the molecule is CN(C)C=NS(=O)(=O)c1ccccc1C(=O)O. The van der Waals surface area contributed by atoms with Gasteiger partial charge in [0.2, 0.25) is 0 Å². The number of sulfonamides is 1. The van der Waals surface area contributed by atoms with Crippen molar-refractivity contribution in [2.45, 2.75) is 4.90 Å². The van der Waals surface area contributed by atoms with Crippen molar-refractivity contribution in [3.8, 4) is 0 Å². The lowest BCUT2D eigenvalue weighted by Crippen LogP contribution is -2.12. The van der Waals surface area contributed by atoms with E-state index in [9.17, 15) is 13.2 Å². The van der Waals surface area contributed by atoms with Gasteiger partial charge in [0.1, 0.15) is 11.2 Å². The van der Waals surface area contributed by atoms with Gasteiger partial charge in [0.15, 0.2) is 0 Å². The largest absolute Gasteiger partial charge is 0.478 e. The molecule has 0 aliphatic carbocycles. The highest BCUT2D eigenvalue weighted by Crippen LogP contribution is 2.17. The molecule has 0 saturated carbocycles. The van der Waals surface area contributed by atoms with Crippen molar-refractivity contribution in [2.75, 3.05) is 14.1 Å². The first-order chi connectivity index (χ1) is 7.84. The fourth-order valence-corrected chi connectivity index (χ4v) is 2.19. The second kappa shape index (κ2) is 4.96. The van der Waals surface area contributed by atoms with Crippen LogP contribution in [0.15, 0.2) is 33.6 Å². The number of carboxylic acid groups (broad SMARTS) is 1. The molecule has 0 heterocycles. The lowest BCUT2D eigenvalue weighted by Gasteiger charge is -2.05. The second-order valence-electron chi connectivity index (χ2n) is 3.46. The van der Waals surface area contributed by atoms with Crippen molar-refractivity contribution >= 4 is 22.3 Å². The molecular formula is C10H12N2O4S. The Labute approximate surface area is 99.3 Å². The third kappa shape index (κ3) is 3.28. The monoisotopic (exact) mass is 256 g/mol. The van der Waals surface area contributed by atoms with Gasteiger partial charge in [-0.3, -0.25) is 0 Å². The number of carbonyl (C=O) groups is 1. The number of aromatic carboxylic acids is 1. The summed E-state index contributed by atoms with van der Waals surface area (Å²) in [5, 5.41) is 8.88. The molecule has 1 aromatic rings. The summed E-state index contributed by atoms with van der Waals surface area (Å²) in [6.07, 6.45) is 1.11. The van der Waals surface area contributed by atoms with Crippen molar-refractivity contribution in [2.24, 2.45) is 4.40 Å². The molecule has 0 aliphatic rings. The van der Waals surface area contributed by atoms with Gasteiger partial charge in [0.05, 0.1) is 5.56 Å². The van der Waals surface area contributed by atoms with Crippen molar-refractivity contribution in [3.63, 3.8) is 0 Å². The molecule has 17 heavy (non-hydrogen) atoms. The molecule has 0 atom stereocenters. The Hall–Kier alpha value is -1.89. The normalized spacial score (nSPS) is 11.6. The van der Waals surface area contributed by atoms with Crippen LogP contribution in [-0.2, 0) is 10.0 Å². The Morgan fingerprint density at radius 1 is 1.35 bits per heavy atom. The number of benzene rings is 1. The van der Waals surface area contributed by atoms with E-state index in [2.05, 4.69) is 4.40 Å². The van der Waals surface area contributed by atoms with Crippen LogP contribution in [0.1, 0.15) is 10.4 Å². The Balaban J connectivity index is 3.29. The highest BCUT2D eigenvalue weighted by molar-refractivity contribution is 7.90. The van der Waals surface area contributed by atoms with Gasteiger partial charge in [-0.05, 0) is 12.1 Å². The topological polar surface area (TPSA) is 87.0 Å². The van der Waals surface area contributed by atoms with E-state index < -0.39 is 16.0 Å². The minimum absolute atomic E-state index is 0.289. The zero-order chi connectivity index (χ0) is 13.1. The lowest BCUT2D eigenvalue weighted by molar-refractivity contribution is 0.0692. The molecule has 6 nitrogen and oxygen atoms in total. The smallest absolute Gasteiger partial charge is 0.337 e. The van der Waals surface area contributed by atoms with Gasteiger partial charge < -0.3 is 10.0 Å². The van der Waals surface area contributed by atoms with Crippen molar-refractivity contribution in [3.05, 3.63) is 29.8 Å². The maximum Gasteiger partial charge on any atom is 0.337 e. The summed E-state index contributed by atoms with van der Waals surface area (Å²) in [6, 6.07) is 5.34. The minimum atomic E-state index is -3.98. The van der Waals surface area contributed by atoms with Crippen LogP contribution in [0.2, 0.25) is 0 Å². The second-order valence-corrected chi connectivity index (χ2v) is 5.06. The van der Waals surface area contributed by atoms with E-state index in [1.165, 1.54) is 29.2 Å². The predicted molar refractivity (Wildman–Crippen MR) is 62.8 cm³/mol. The average molecular weight is 256 g/mol. The molecule has 0 amide bonds. The van der Waals surface area contributed by atoms with Crippen molar-refractivity contribution in [1.82, 2.24) is 4.90 Å². The van der Waals surface area contributed by atoms with Crippen LogP contribution in [0, 0.1) is 0 Å². The molecule has 1 N–H and O–H groups in total. The van der Waals surface area contributed by atoms with E-state index in [1.54, 1.807) is 14.1 Å². The molecule has 0 aliphatic heterocycles. The highest BCUT2D eigenvalue weighted by Gasteiger charge is 2.20. The summed E-state index contributed by atoms with van der Waals surface area (Å²) >= 11 is 0. The third-order valence-corrected chi connectivity index (χ3v) is 3.10. The van der Waals surface area contributed by atoms with Crippen LogP contribution in [0.5, 0.6) is 0 Å². The van der Waals surface area contributed by atoms with Gasteiger partial charge in [-0.2, -0.15) is 8.42 Å². The summed E-state index contributed by atoms with van der Waals surface area (Å²) < 4.78 is 26.9. The first kappa shape index (κ1) is 13.2. The molecule has 0 spiro atoms. The zero-order valence-electron chi connectivity index (χ0n) is 9.36. The molecule has 0 fully saturated rings. The van der Waals surface area contributed by atoms with Crippen LogP contribution < -0.4 is 0 Å². The van der Waals surface area contributed by atoms with Crippen molar-refractivity contribution in [1.29, 1.82) is 0 Å². The van der Waals surface area contributed by atoms with Gasteiger partial charge in [0.25, 0.3) is 10.0 Å². The van der Waals surface area contributed by atoms with Gasteiger partial charge in [-0.15, -0.1) is 4.40 Å². The molecular weight excluding hydrogens is 244 g/mol. The molecule has 0 bridgehead atoms. The Morgan fingerprint density at radius 3 is 2.47 bits per heavy atom. The van der Waals surface area contributed by atoms with Crippen LogP contribution in [0.3, 0.4) is 0 Å². The van der Waals surface area contributed by atoms with E-state index in [4.69, 9.17) is 5.11 Å². The molecule has 7 heteroatoms. The fraction of sp³-hybridized carbons (Fsp3) is 0.200. The van der Waals surface area contributed by atoms with Gasteiger partial charge in [-0.1, -0.05) is 12.1 Å². The first-order valence-corrected chi connectivity index (χ1v) is 6.08. The Morgan fingerprint density at radius 2 is 1.94 bits per heavy atom. The molecule has 1 rings (SSSR count). The Bertz CT molecular complexity index is 549. The summed E-state index contributed by atoms with van der Waals surface area (Å²) in [5.74, 6) is -1.30. The summed E-state index contributed by atoms with van der Waals surface area (Å²) in [7, 11) is -0.758. The highest BCUT2D eigenvalue weighted by atomic mass is 32.2. The van der Waals surface area contributed by atoms with Gasteiger partial charge in [-0.25, -0.2) is 4.79 Å². The molecule has 0 unspecified atom stereocenters. The van der Waals surface area contributed by atoms with E-state index in [0.717, 1.165) is 6.34 Å². The number of hydrogen-bond acceptors (Lipinski definition) is 3. The van der Waals surface area contributed by atoms with Crippen LogP contribution >= 0.6 is 0 Å². The number of carboxylic acids is 1. The van der Waals surface area contributed by atoms with Crippen LogP contribution in [-0.4, -0.2) is 44.8 Å². The minimum Gasteiger partial charge on any atom is -0.478 e. The lowest BCUT2D eigenvalue weighted by atomic mass is 10.2. The quantitative estimate of drug-likeness (QED) is 0.631. The number of hydrogen-bond donors (Lipinski definition) is 1. The average Bonchev–Trinajstić information content (AvgIpc) is 2.26. The number of nitrogens with zero attached hydrogens (tertiary/aromatic N) is 2. The maximum absolute atomic E-state index is 11.8. The van der Waals surface area contributed by atoms with E-state index in [0.29, 0.717) is 0 Å². The first-order valence-electron chi connectivity index (χ1n) is 4.64. The molecule has 1 aromatic carbocycles. The number of rotatable bonds is 4. The zero-order valence-corrected chi connectivity index (χ0v) is 10.2. The fourth-order valence-electron chi connectivity index (χ4n) is 1.08. The van der Waals surface area contributed by atoms with Crippen LogP contribution in [0.4, 0.5) is 0 Å². The maximum atomic E-state index is 11.8. The molecule has 0 aromatic heterocycles. The molecule has 0 radical (unpaired) electrons. The standard InChI is InChI=1S/C10H12N2O4S/c1-12(2)7-11-17(15,16)9-6-4-3-5-8(9)10(13)14/h3-7H,1-2H3,(H,13,14). The Kier molecular flexibility index (Phi) is 3.84. The molecule has 92 valence electrons. The predicted octanol–water partition coefficient (Wildman–Crippen LogP) is 0.663. The molecule has 0 saturated heterocycles. The summed E-state index contributed by atoms with van der Waals surface area (Å²) in [6.45, 7) is 0. The van der Waals surface area contributed by atoms with Gasteiger partial charge >= 0.3 is 5.97 Å². The van der Waals surface area contributed by atoms with E-state index in [1.807, 2.05) is 0 Å². The van der Waals surface area contributed by atoms with Crippen molar-refractivity contribution < 1.29 is 18.3 Å². The summed E-state index contributed by atoms with van der Waals surface area (Å²) in [4.78, 5) is 12.0. The third-order valence-electron chi connectivity index (χ3n) is 1.81. The van der Waals surface area contributed by atoms with Gasteiger partial charge in [0, 0.05) is 14.1 Å². The van der Waals surface area contributed by atoms with E-state index >= 15 is 0 Å². The van der Waals surface area contributed by atoms with Crippen LogP contribution in [0.25, 0.3) is 0 Å². The summed E-state index contributed by atoms with van der Waals surface area (Å²) in [5.41, 5.74) is -0.289. The van der Waals surface area contributed by atoms with E-state index in [-0.39, 0.29) is 10.5 Å².